The van der Waals surface area contributed by atoms with Crippen molar-refractivity contribution in [1.82, 2.24) is 0 Å². The number of nitrogens with one attached hydrogen (secondary N) is 1. The zero-order valence-electron chi connectivity index (χ0n) is 8.01. The highest BCUT2D eigenvalue weighted by molar-refractivity contribution is 5.89. The minimum atomic E-state index is 0.286. The van der Waals surface area contributed by atoms with E-state index in [1.54, 1.807) is 6.92 Å². The largest absolute Gasteiger partial charge is 0.396 e. The fourth-order valence-electron chi connectivity index (χ4n) is 1.01. The third-order valence-electron chi connectivity index (χ3n) is 1.82. The number of hydrogen-bond acceptors (Lipinski definition) is 2. The summed E-state index contributed by atoms with van der Waals surface area (Å²) >= 11 is 0. The predicted octanol–water partition coefficient (Wildman–Crippen LogP) is 2.38. The number of aliphatic hydroxyl groups excluding tert-OH is 1. The molecule has 0 radical (unpaired) electrons. The van der Waals surface area contributed by atoms with Crippen molar-refractivity contribution >= 4 is 5.71 Å². The van der Waals surface area contributed by atoms with Crippen LogP contribution in [0.2, 0.25) is 0 Å². The molecule has 0 spiro atoms. The first-order chi connectivity index (χ1) is 5.66. The summed E-state index contributed by atoms with van der Waals surface area (Å²) in [6.45, 7) is 4.20. The molecule has 0 aliphatic heterocycles. The lowest BCUT2D eigenvalue weighted by Crippen LogP contribution is -1.96. The van der Waals surface area contributed by atoms with E-state index in [0.717, 1.165) is 19.3 Å². The molecule has 0 heterocycles. The summed E-state index contributed by atoms with van der Waals surface area (Å²) in [5.41, 5.74) is 0.602. The Bertz CT molecular complexity index is 152. The molecule has 2 heteroatoms. The number of rotatable bonds is 6. The molecule has 0 saturated heterocycles. The van der Waals surface area contributed by atoms with Gasteiger partial charge in [0.25, 0.3) is 0 Å². The highest BCUT2D eigenvalue weighted by Gasteiger charge is 1.98. The lowest BCUT2D eigenvalue weighted by molar-refractivity contribution is 0.259. The van der Waals surface area contributed by atoms with Crippen LogP contribution in [-0.2, 0) is 0 Å². The first-order valence-corrected chi connectivity index (χ1v) is 4.49. The van der Waals surface area contributed by atoms with E-state index < -0.39 is 0 Å². The SMILES string of the molecule is CC(=N)/C=C\CCC(C)CCO. The van der Waals surface area contributed by atoms with E-state index >= 15 is 0 Å². The van der Waals surface area contributed by atoms with E-state index in [0.29, 0.717) is 11.6 Å². The van der Waals surface area contributed by atoms with E-state index in [1.165, 1.54) is 0 Å². The molecular formula is C10H19NO. The highest BCUT2D eigenvalue weighted by atomic mass is 16.2. The third-order valence-corrected chi connectivity index (χ3v) is 1.82. The maximum absolute atomic E-state index is 8.63. The van der Waals surface area contributed by atoms with Crippen LogP contribution in [0.3, 0.4) is 0 Å². The van der Waals surface area contributed by atoms with Crippen molar-refractivity contribution in [2.24, 2.45) is 5.92 Å². The number of hydrogen-bond donors (Lipinski definition) is 2. The van der Waals surface area contributed by atoms with Gasteiger partial charge in [-0.15, -0.1) is 0 Å². The lowest BCUT2D eigenvalue weighted by atomic mass is 10.0. The van der Waals surface area contributed by atoms with E-state index in [9.17, 15) is 0 Å². The van der Waals surface area contributed by atoms with Crippen LogP contribution in [0.15, 0.2) is 12.2 Å². The van der Waals surface area contributed by atoms with Crippen molar-refractivity contribution < 1.29 is 5.11 Å². The highest BCUT2D eigenvalue weighted by Crippen LogP contribution is 2.09. The smallest absolute Gasteiger partial charge is 0.0433 e. The van der Waals surface area contributed by atoms with E-state index in [1.807, 2.05) is 12.2 Å². The molecule has 0 bridgehead atoms. The van der Waals surface area contributed by atoms with Gasteiger partial charge in [0.2, 0.25) is 0 Å². The van der Waals surface area contributed by atoms with Gasteiger partial charge < -0.3 is 10.5 Å². The molecule has 1 unspecified atom stereocenters. The minimum Gasteiger partial charge on any atom is -0.396 e. The van der Waals surface area contributed by atoms with E-state index in [2.05, 4.69) is 6.92 Å². The normalized spacial score (nSPS) is 13.6. The number of aliphatic hydroxyl groups is 1. The van der Waals surface area contributed by atoms with Crippen LogP contribution in [0.4, 0.5) is 0 Å². The zero-order chi connectivity index (χ0) is 9.40. The van der Waals surface area contributed by atoms with Gasteiger partial charge in [-0.05, 0) is 38.2 Å². The number of allylic oxidation sites excluding steroid dienone is 2. The van der Waals surface area contributed by atoms with Crippen molar-refractivity contribution in [2.45, 2.75) is 33.1 Å². The molecule has 0 fully saturated rings. The second kappa shape index (κ2) is 7.04. The van der Waals surface area contributed by atoms with Crippen molar-refractivity contribution in [2.75, 3.05) is 6.61 Å². The molecule has 0 aromatic carbocycles. The second-order valence-corrected chi connectivity index (χ2v) is 3.28. The summed E-state index contributed by atoms with van der Waals surface area (Å²) in [7, 11) is 0. The van der Waals surface area contributed by atoms with Crippen molar-refractivity contribution in [3.63, 3.8) is 0 Å². The van der Waals surface area contributed by atoms with Gasteiger partial charge >= 0.3 is 0 Å². The average Bonchev–Trinajstić information content (AvgIpc) is 1.98. The first kappa shape index (κ1) is 11.4. The topological polar surface area (TPSA) is 44.1 Å². The Morgan fingerprint density at radius 2 is 2.17 bits per heavy atom. The lowest BCUT2D eigenvalue weighted by Gasteiger charge is -2.05. The Balaban J connectivity index is 3.36. The molecule has 1 atom stereocenters. The van der Waals surface area contributed by atoms with Crippen LogP contribution in [-0.4, -0.2) is 17.4 Å². The van der Waals surface area contributed by atoms with Crippen LogP contribution < -0.4 is 0 Å². The monoisotopic (exact) mass is 169 g/mol. The fraction of sp³-hybridized carbons (Fsp3) is 0.700. The molecule has 2 N–H and O–H groups in total. The summed E-state index contributed by atoms with van der Waals surface area (Å²) in [6, 6.07) is 0. The minimum absolute atomic E-state index is 0.286. The quantitative estimate of drug-likeness (QED) is 0.589. The predicted molar refractivity (Wildman–Crippen MR) is 52.6 cm³/mol. The Labute approximate surface area is 74.8 Å². The van der Waals surface area contributed by atoms with Gasteiger partial charge in [0.1, 0.15) is 0 Å². The van der Waals surface area contributed by atoms with Crippen LogP contribution in [0.25, 0.3) is 0 Å². The molecule has 0 rings (SSSR count). The molecule has 70 valence electrons. The van der Waals surface area contributed by atoms with Crippen molar-refractivity contribution in [1.29, 1.82) is 5.41 Å². The standard InChI is InChI=1S/C10H19NO/c1-9(7-8-12)5-3-4-6-10(2)11/h4,6,9,11-12H,3,5,7-8H2,1-2H3/b6-4-,11-10?. The Morgan fingerprint density at radius 1 is 1.50 bits per heavy atom. The van der Waals surface area contributed by atoms with Crippen LogP contribution >= 0.6 is 0 Å². The first-order valence-electron chi connectivity index (χ1n) is 4.49. The Kier molecular flexibility index (Phi) is 6.67. The van der Waals surface area contributed by atoms with Crippen LogP contribution in [0, 0.1) is 11.3 Å². The zero-order valence-corrected chi connectivity index (χ0v) is 8.01. The van der Waals surface area contributed by atoms with E-state index in [4.69, 9.17) is 10.5 Å². The van der Waals surface area contributed by atoms with E-state index in [-0.39, 0.29) is 6.61 Å². The molecule has 0 aliphatic carbocycles. The van der Waals surface area contributed by atoms with Crippen LogP contribution in [0.1, 0.15) is 33.1 Å². The maximum Gasteiger partial charge on any atom is 0.0433 e. The van der Waals surface area contributed by atoms with Gasteiger partial charge in [-0.3, -0.25) is 0 Å². The molecule has 0 saturated carbocycles. The second-order valence-electron chi connectivity index (χ2n) is 3.28. The molecule has 12 heavy (non-hydrogen) atoms. The Hall–Kier alpha value is -0.630. The summed E-state index contributed by atoms with van der Waals surface area (Å²) in [5.74, 6) is 0.589. The summed E-state index contributed by atoms with van der Waals surface area (Å²) in [6.07, 6.45) is 6.85. The molecule has 2 nitrogen and oxygen atoms in total. The summed E-state index contributed by atoms with van der Waals surface area (Å²) in [5, 5.41) is 15.8. The molecular weight excluding hydrogens is 150 g/mol. The molecule has 0 aliphatic rings. The van der Waals surface area contributed by atoms with Gasteiger partial charge in [0.15, 0.2) is 0 Å². The molecule has 0 aromatic heterocycles. The van der Waals surface area contributed by atoms with Gasteiger partial charge in [-0.1, -0.05) is 13.0 Å². The third kappa shape index (κ3) is 7.48. The Morgan fingerprint density at radius 3 is 2.67 bits per heavy atom. The molecule has 0 aromatic rings. The van der Waals surface area contributed by atoms with Crippen molar-refractivity contribution in [3.05, 3.63) is 12.2 Å². The maximum atomic E-state index is 8.63. The van der Waals surface area contributed by atoms with Gasteiger partial charge in [-0.2, -0.15) is 0 Å². The summed E-state index contributed by atoms with van der Waals surface area (Å²) < 4.78 is 0. The van der Waals surface area contributed by atoms with Crippen LogP contribution in [0.5, 0.6) is 0 Å². The average molecular weight is 169 g/mol. The fourth-order valence-corrected chi connectivity index (χ4v) is 1.01. The van der Waals surface area contributed by atoms with Gasteiger partial charge in [-0.25, -0.2) is 0 Å². The van der Waals surface area contributed by atoms with Gasteiger partial charge in [0.05, 0.1) is 0 Å². The summed E-state index contributed by atoms with van der Waals surface area (Å²) in [4.78, 5) is 0. The van der Waals surface area contributed by atoms with Gasteiger partial charge in [0, 0.05) is 12.3 Å². The molecule has 0 amide bonds. The van der Waals surface area contributed by atoms with Crippen molar-refractivity contribution in [3.8, 4) is 0 Å².